The van der Waals surface area contributed by atoms with Crippen LogP contribution in [0.4, 0.5) is 0 Å². The number of rotatable bonds is 5. The van der Waals surface area contributed by atoms with Gasteiger partial charge in [0.1, 0.15) is 22.8 Å². The molecular weight excluding hydrogens is 386 g/mol. The number of methoxy groups -OCH3 is 2. The molecule has 0 N–H and O–H groups in total. The monoisotopic (exact) mass is 403 g/mol. The Hall–Kier alpha value is -4.13. The van der Waals surface area contributed by atoms with E-state index in [9.17, 15) is 9.59 Å². The highest BCUT2D eigenvalue weighted by molar-refractivity contribution is 5.92. The van der Waals surface area contributed by atoms with E-state index in [1.54, 1.807) is 60.8 Å². The standard InChI is InChI=1S/C23H17NO6/c1-27-17-9-15(10-18(12-17)28-2)22(25)29-16-7-6-14-11-19(20-5-3-4-8-24-20)23(26)30-21(14)13-16/h3-13H,1-2H3. The third-order valence-corrected chi connectivity index (χ3v) is 4.45. The summed E-state index contributed by atoms with van der Waals surface area (Å²) >= 11 is 0. The molecule has 0 unspecified atom stereocenters. The first-order valence-electron chi connectivity index (χ1n) is 9.02. The maximum atomic E-state index is 12.6. The maximum absolute atomic E-state index is 12.6. The van der Waals surface area contributed by atoms with E-state index in [1.807, 2.05) is 0 Å². The lowest BCUT2D eigenvalue weighted by Crippen LogP contribution is -2.09. The second-order valence-corrected chi connectivity index (χ2v) is 6.35. The molecule has 2 heterocycles. The molecule has 0 atom stereocenters. The molecule has 2 aromatic heterocycles. The Morgan fingerprint density at radius 2 is 1.67 bits per heavy atom. The normalized spacial score (nSPS) is 10.6. The van der Waals surface area contributed by atoms with Crippen molar-refractivity contribution < 1.29 is 23.4 Å². The van der Waals surface area contributed by atoms with Crippen molar-refractivity contribution >= 4 is 16.9 Å². The summed E-state index contributed by atoms with van der Waals surface area (Å²) in [6.45, 7) is 0. The minimum atomic E-state index is -0.598. The maximum Gasteiger partial charge on any atom is 0.345 e. The highest BCUT2D eigenvalue weighted by Crippen LogP contribution is 2.26. The van der Waals surface area contributed by atoms with Crippen LogP contribution >= 0.6 is 0 Å². The van der Waals surface area contributed by atoms with Gasteiger partial charge in [-0.2, -0.15) is 0 Å². The first-order chi connectivity index (χ1) is 14.6. The Morgan fingerprint density at radius 3 is 2.33 bits per heavy atom. The average molecular weight is 403 g/mol. The van der Waals surface area contributed by atoms with Crippen LogP contribution in [-0.2, 0) is 0 Å². The molecule has 4 rings (SSSR count). The van der Waals surface area contributed by atoms with Crippen molar-refractivity contribution in [1.29, 1.82) is 0 Å². The number of ether oxygens (including phenoxy) is 3. The van der Waals surface area contributed by atoms with E-state index in [1.165, 1.54) is 20.3 Å². The summed E-state index contributed by atoms with van der Waals surface area (Å²) in [7, 11) is 2.99. The molecule has 0 radical (unpaired) electrons. The third kappa shape index (κ3) is 3.86. The summed E-state index contributed by atoms with van der Waals surface area (Å²) in [6, 6.07) is 16.6. The number of hydrogen-bond acceptors (Lipinski definition) is 7. The van der Waals surface area contributed by atoms with Crippen LogP contribution in [-0.4, -0.2) is 25.2 Å². The molecule has 0 aliphatic heterocycles. The van der Waals surface area contributed by atoms with Gasteiger partial charge in [0.05, 0.1) is 31.0 Å². The van der Waals surface area contributed by atoms with Crippen LogP contribution < -0.4 is 19.8 Å². The molecule has 0 saturated heterocycles. The van der Waals surface area contributed by atoms with Crippen molar-refractivity contribution in [2.24, 2.45) is 0 Å². The van der Waals surface area contributed by atoms with Gasteiger partial charge in [-0.3, -0.25) is 4.98 Å². The lowest BCUT2D eigenvalue weighted by atomic mass is 10.1. The van der Waals surface area contributed by atoms with Crippen LogP contribution in [0.5, 0.6) is 17.2 Å². The van der Waals surface area contributed by atoms with Gasteiger partial charge in [-0.15, -0.1) is 0 Å². The number of pyridine rings is 1. The van der Waals surface area contributed by atoms with Crippen LogP contribution in [0.1, 0.15) is 10.4 Å². The molecule has 7 heteroatoms. The molecule has 30 heavy (non-hydrogen) atoms. The molecule has 150 valence electrons. The predicted molar refractivity (Wildman–Crippen MR) is 110 cm³/mol. The molecular formula is C23H17NO6. The van der Waals surface area contributed by atoms with Gasteiger partial charge in [0.15, 0.2) is 0 Å². The highest BCUT2D eigenvalue weighted by atomic mass is 16.5. The summed E-state index contributed by atoms with van der Waals surface area (Å²) in [5, 5.41) is 0.679. The van der Waals surface area contributed by atoms with E-state index in [0.717, 1.165) is 0 Å². The van der Waals surface area contributed by atoms with E-state index in [2.05, 4.69) is 4.98 Å². The van der Waals surface area contributed by atoms with Crippen LogP contribution in [0.25, 0.3) is 22.2 Å². The smallest absolute Gasteiger partial charge is 0.345 e. The summed E-state index contributed by atoms with van der Waals surface area (Å²) in [5.41, 5.74) is 0.917. The molecule has 4 aromatic rings. The zero-order valence-electron chi connectivity index (χ0n) is 16.2. The molecule has 2 aromatic carbocycles. The van der Waals surface area contributed by atoms with Crippen LogP contribution in [0.3, 0.4) is 0 Å². The molecule has 0 bridgehead atoms. The number of fused-ring (bicyclic) bond motifs is 1. The number of benzene rings is 2. The SMILES string of the molecule is COc1cc(OC)cc(C(=O)Oc2ccc3cc(-c4ccccn4)c(=O)oc3c2)c1. The van der Waals surface area contributed by atoms with Crippen molar-refractivity contribution in [2.45, 2.75) is 0 Å². The first kappa shape index (κ1) is 19.2. The molecule has 7 nitrogen and oxygen atoms in total. The Kier molecular flexibility index (Phi) is 5.17. The fraction of sp³-hybridized carbons (Fsp3) is 0.0870. The van der Waals surface area contributed by atoms with Gasteiger partial charge in [-0.05, 0) is 42.5 Å². The quantitative estimate of drug-likeness (QED) is 0.282. The topological polar surface area (TPSA) is 87.9 Å². The number of nitrogens with zero attached hydrogens (tertiary/aromatic N) is 1. The van der Waals surface area contributed by atoms with Gasteiger partial charge in [0, 0.05) is 23.7 Å². The summed E-state index contributed by atoms with van der Waals surface area (Å²) in [4.78, 5) is 29.1. The van der Waals surface area contributed by atoms with Gasteiger partial charge in [-0.1, -0.05) is 6.07 Å². The first-order valence-corrected chi connectivity index (χ1v) is 9.02. The number of esters is 1. The van der Waals surface area contributed by atoms with Crippen molar-refractivity contribution in [3.05, 3.63) is 82.8 Å². The Labute approximate surface area is 171 Å². The molecule has 0 fully saturated rings. The van der Waals surface area contributed by atoms with E-state index in [-0.39, 0.29) is 11.3 Å². The van der Waals surface area contributed by atoms with Gasteiger partial charge in [-0.25, -0.2) is 9.59 Å². The van der Waals surface area contributed by atoms with Crippen LogP contribution in [0.15, 0.2) is 76.1 Å². The minimum absolute atomic E-state index is 0.239. The molecule has 0 saturated carbocycles. The average Bonchev–Trinajstić information content (AvgIpc) is 2.78. The number of carbonyl (C=O) groups excluding carboxylic acids is 1. The fourth-order valence-electron chi connectivity index (χ4n) is 2.95. The van der Waals surface area contributed by atoms with Gasteiger partial charge < -0.3 is 18.6 Å². The van der Waals surface area contributed by atoms with Crippen molar-refractivity contribution in [3.63, 3.8) is 0 Å². The van der Waals surface area contributed by atoms with Crippen molar-refractivity contribution in [2.75, 3.05) is 14.2 Å². The Morgan fingerprint density at radius 1 is 0.900 bits per heavy atom. The minimum Gasteiger partial charge on any atom is -0.497 e. The Bertz CT molecular complexity index is 1260. The summed E-state index contributed by atoms with van der Waals surface area (Å²) < 4.78 is 21.2. The van der Waals surface area contributed by atoms with E-state index in [0.29, 0.717) is 33.7 Å². The van der Waals surface area contributed by atoms with Crippen molar-refractivity contribution in [1.82, 2.24) is 4.98 Å². The third-order valence-electron chi connectivity index (χ3n) is 4.45. The van der Waals surface area contributed by atoms with E-state index >= 15 is 0 Å². The van der Waals surface area contributed by atoms with Gasteiger partial charge >= 0.3 is 11.6 Å². The molecule has 0 aliphatic carbocycles. The lowest BCUT2D eigenvalue weighted by Gasteiger charge is -2.09. The van der Waals surface area contributed by atoms with Crippen LogP contribution in [0, 0.1) is 0 Å². The largest absolute Gasteiger partial charge is 0.497 e. The van der Waals surface area contributed by atoms with Gasteiger partial charge in [0.2, 0.25) is 0 Å². The zero-order valence-corrected chi connectivity index (χ0v) is 16.2. The molecule has 0 amide bonds. The van der Waals surface area contributed by atoms with Crippen LogP contribution in [0.2, 0.25) is 0 Å². The number of hydrogen-bond donors (Lipinski definition) is 0. The van der Waals surface area contributed by atoms with E-state index in [4.69, 9.17) is 18.6 Å². The molecule has 0 spiro atoms. The van der Waals surface area contributed by atoms with E-state index < -0.39 is 11.6 Å². The second kappa shape index (κ2) is 8.08. The summed E-state index contributed by atoms with van der Waals surface area (Å²) in [5.74, 6) is 0.572. The predicted octanol–water partition coefficient (Wildman–Crippen LogP) is 4.09. The van der Waals surface area contributed by atoms with Gasteiger partial charge in [0.25, 0.3) is 0 Å². The fourth-order valence-corrected chi connectivity index (χ4v) is 2.95. The number of aromatic nitrogens is 1. The lowest BCUT2D eigenvalue weighted by molar-refractivity contribution is 0.0734. The number of carbonyl (C=O) groups is 1. The Balaban J connectivity index is 1.64. The molecule has 0 aliphatic rings. The van der Waals surface area contributed by atoms with Crippen molar-refractivity contribution in [3.8, 4) is 28.5 Å². The zero-order chi connectivity index (χ0) is 21.1. The second-order valence-electron chi connectivity index (χ2n) is 6.35. The highest BCUT2D eigenvalue weighted by Gasteiger charge is 2.14. The summed E-state index contributed by atoms with van der Waals surface area (Å²) in [6.07, 6.45) is 1.61.